The molecule has 0 amide bonds. The van der Waals surface area contributed by atoms with Gasteiger partial charge in [-0.15, -0.1) is 0 Å². The van der Waals surface area contributed by atoms with Crippen molar-refractivity contribution in [1.82, 2.24) is 19.5 Å². The van der Waals surface area contributed by atoms with Crippen LogP contribution in [0, 0.1) is 11.3 Å². The lowest BCUT2D eigenvalue weighted by Gasteiger charge is -2.12. The summed E-state index contributed by atoms with van der Waals surface area (Å²) in [5.41, 5.74) is -3.21. The highest BCUT2D eigenvalue weighted by Gasteiger charge is 2.45. The van der Waals surface area contributed by atoms with Gasteiger partial charge in [-0.3, -0.25) is 9.19 Å². The minimum Gasteiger partial charge on any atom is -0.310 e. The molecule has 6 nitrogen and oxygen atoms in total. The van der Waals surface area contributed by atoms with E-state index in [1.54, 1.807) is 30.8 Å². The smallest absolute Gasteiger partial charge is 0.310 e. The van der Waals surface area contributed by atoms with Gasteiger partial charge in [-0.25, -0.2) is 9.97 Å². The molecule has 1 unspecified atom stereocenters. The summed E-state index contributed by atoms with van der Waals surface area (Å²) >= 11 is -0.254. The molecule has 11 heteroatoms. The molecule has 4 rings (SSSR count). The maximum atomic E-state index is 12.7. The van der Waals surface area contributed by atoms with E-state index < -0.39 is 21.7 Å². The third-order valence-electron chi connectivity index (χ3n) is 5.01. The van der Waals surface area contributed by atoms with Crippen LogP contribution in [0.4, 0.5) is 13.2 Å². The Morgan fingerprint density at radius 1 is 1.30 bits per heavy atom. The molecule has 0 aromatic carbocycles. The molecule has 3 heterocycles. The van der Waals surface area contributed by atoms with Gasteiger partial charge >= 0.3 is 5.51 Å². The number of nitriles is 1. The first kappa shape index (κ1) is 20.8. The van der Waals surface area contributed by atoms with Crippen molar-refractivity contribution in [1.29, 1.82) is 5.26 Å². The van der Waals surface area contributed by atoms with E-state index in [1.807, 2.05) is 0 Å². The van der Waals surface area contributed by atoms with E-state index >= 15 is 0 Å². The average molecular weight is 451 g/mol. The van der Waals surface area contributed by atoms with Gasteiger partial charge in [0.25, 0.3) is 0 Å². The number of pyridine rings is 2. The van der Waals surface area contributed by atoms with E-state index in [2.05, 4.69) is 21.0 Å². The Morgan fingerprint density at radius 2 is 2.03 bits per heavy atom. The summed E-state index contributed by atoms with van der Waals surface area (Å²) in [6, 6.07) is 5.37. The van der Waals surface area contributed by atoms with Crippen LogP contribution in [0.25, 0.3) is 22.7 Å². The fourth-order valence-electron chi connectivity index (χ4n) is 3.25. The molecule has 30 heavy (non-hydrogen) atoms. The number of aromatic nitrogens is 4. The second-order valence-electron chi connectivity index (χ2n) is 6.95. The molecule has 0 spiro atoms. The van der Waals surface area contributed by atoms with Gasteiger partial charge < -0.3 is 4.57 Å². The van der Waals surface area contributed by atoms with Crippen LogP contribution in [0.1, 0.15) is 25.3 Å². The Kier molecular flexibility index (Phi) is 5.10. The lowest BCUT2D eigenvalue weighted by atomic mass is 9.99. The number of aryl methyl sites for hydroxylation is 1. The third kappa shape index (κ3) is 3.70. The van der Waals surface area contributed by atoms with Crippen LogP contribution in [0.15, 0.2) is 34.3 Å². The van der Waals surface area contributed by atoms with Gasteiger partial charge in [0.15, 0.2) is 11.5 Å². The van der Waals surface area contributed by atoms with Crippen LogP contribution in [0.2, 0.25) is 0 Å². The molecule has 3 aromatic heterocycles. The van der Waals surface area contributed by atoms with E-state index in [-0.39, 0.29) is 22.2 Å². The highest BCUT2D eigenvalue weighted by Crippen LogP contribution is 2.48. The molecule has 0 aliphatic heterocycles. The molecule has 1 saturated carbocycles. The first-order valence-corrected chi connectivity index (χ1v) is 11.2. The highest BCUT2D eigenvalue weighted by atomic mass is 32.2. The first-order chi connectivity index (χ1) is 14.2. The van der Waals surface area contributed by atoms with Gasteiger partial charge in [0.1, 0.15) is 11.2 Å². The number of thioether (sulfide) groups is 1. The molecule has 3 aromatic rings. The van der Waals surface area contributed by atoms with E-state index in [1.165, 1.54) is 6.07 Å². The Labute approximate surface area is 177 Å². The molecule has 0 saturated heterocycles. The number of hydrogen-bond acceptors (Lipinski definition) is 6. The van der Waals surface area contributed by atoms with Crippen molar-refractivity contribution in [3.63, 3.8) is 0 Å². The zero-order valence-corrected chi connectivity index (χ0v) is 17.7. The topological polar surface area (TPSA) is 84.5 Å². The fourth-order valence-corrected chi connectivity index (χ4v) is 4.72. The Hall–Kier alpha value is -2.45. The van der Waals surface area contributed by atoms with Gasteiger partial charge in [-0.1, -0.05) is 6.92 Å². The number of hydrogen-bond donors (Lipinski definition) is 0. The molecule has 1 fully saturated rings. The Balaban J connectivity index is 1.84. The number of nitrogens with zero attached hydrogens (tertiary/aromatic N) is 5. The SMILES string of the molecule is CCS(=O)c1cc(C2(C#N)CC2)cnc1-c1nc2cc(SC(F)(F)F)cnc2n1C. The minimum atomic E-state index is -4.42. The highest BCUT2D eigenvalue weighted by molar-refractivity contribution is 8.00. The van der Waals surface area contributed by atoms with Crippen LogP contribution in [0.5, 0.6) is 0 Å². The molecule has 1 atom stereocenters. The van der Waals surface area contributed by atoms with Gasteiger partial charge in [-0.2, -0.15) is 18.4 Å². The van der Waals surface area contributed by atoms with Gasteiger partial charge in [0.2, 0.25) is 0 Å². The van der Waals surface area contributed by atoms with Gasteiger partial charge in [0.05, 0.1) is 27.2 Å². The van der Waals surface area contributed by atoms with Gasteiger partial charge in [0, 0.05) is 30.1 Å². The normalized spacial score (nSPS) is 16.4. The van der Waals surface area contributed by atoms with E-state index in [0.29, 0.717) is 27.8 Å². The lowest BCUT2D eigenvalue weighted by Crippen LogP contribution is -2.09. The zero-order valence-electron chi connectivity index (χ0n) is 16.0. The van der Waals surface area contributed by atoms with Crippen molar-refractivity contribution >= 4 is 33.7 Å². The molecular formula is C19H16F3N5OS2. The van der Waals surface area contributed by atoms with Crippen molar-refractivity contribution in [2.45, 2.75) is 40.5 Å². The fraction of sp³-hybridized carbons (Fsp3) is 0.368. The van der Waals surface area contributed by atoms with Gasteiger partial charge in [-0.05, 0) is 42.3 Å². The molecule has 156 valence electrons. The third-order valence-corrected chi connectivity index (χ3v) is 7.02. The van der Waals surface area contributed by atoms with E-state index in [9.17, 15) is 22.6 Å². The molecular weight excluding hydrogens is 435 g/mol. The second-order valence-corrected chi connectivity index (χ2v) is 9.80. The monoisotopic (exact) mass is 451 g/mol. The first-order valence-electron chi connectivity index (χ1n) is 9.06. The van der Waals surface area contributed by atoms with E-state index in [0.717, 1.165) is 24.6 Å². The number of alkyl halides is 3. The standard InChI is InChI=1S/C19H16F3N5OS2/c1-3-30(28)14-6-11(18(10-23)4-5-18)8-24-15(14)17-26-13-7-12(29-19(20,21)22)9-25-16(13)27(17)2/h6-9H,3-5H2,1-2H3. The number of rotatable bonds is 5. The van der Waals surface area contributed by atoms with Crippen LogP contribution in [-0.2, 0) is 23.3 Å². The van der Waals surface area contributed by atoms with Crippen molar-refractivity contribution in [2.24, 2.45) is 7.05 Å². The Morgan fingerprint density at radius 3 is 2.63 bits per heavy atom. The largest absolute Gasteiger partial charge is 0.446 e. The lowest BCUT2D eigenvalue weighted by molar-refractivity contribution is -0.0328. The van der Waals surface area contributed by atoms with Crippen molar-refractivity contribution in [3.8, 4) is 17.6 Å². The zero-order chi connectivity index (χ0) is 21.7. The molecule has 1 aliphatic carbocycles. The summed E-state index contributed by atoms with van der Waals surface area (Å²) in [6.07, 6.45) is 4.22. The summed E-state index contributed by atoms with van der Waals surface area (Å²) in [7, 11) is 0.313. The molecule has 0 bridgehead atoms. The van der Waals surface area contributed by atoms with Crippen LogP contribution < -0.4 is 0 Å². The number of fused-ring (bicyclic) bond motifs is 1. The minimum absolute atomic E-state index is 0.0648. The second kappa shape index (κ2) is 7.35. The molecule has 0 radical (unpaired) electrons. The quantitative estimate of drug-likeness (QED) is 0.537. The maximum absolute atomic E-state index is 12.7. The predicted molar refractivity (Wildman–Crippen MR) is 107 cm³/mol. The predicted octanol–water partition coefficient (Wildman–Crippen LogP) is 4.32. The average Bonchev–Trinajstić information content (AvgIpc) is 3.44. The Bertz CT molecular complexity index is 1210. The number of halogens is 3. The maximum Gasteiger partial charge on any atom is 0.446 e. The van der Waals surface area contributed by atoms with Crippen molar-refractivity contribution < 1.29 is 17.4 Å². The van der Waals surface area contributed by atoms with Crippen molar-refractivity contribution in [2.75, 3.05) is 5.75 Å². The summed E-state index contributed by atoms with van der Waals surface area (Å²) in [5, 5.41) is 9.47. The summed E-state index contributed by atoms with van der Waals surface area (Å²) in [4.78, 5) is 13.4. The summed E-state index contributed by atoms with van der Waals surface area (Å²) in [5.74, 6) is 0.712. The van der Waals surface area contributed by atoms with Crippen LogP contribution in [0.3, 0.4) is 0 Å². The van der Waals surface area contributed by atoms with E-state index in [4.69, 9.17) is 0 Å². The van der Waals surface area contributed by atoms with Crippen LogP contribution in [-0.4, -0.2) is 35.0 Å². The molecule has 1 aliphatic rings. The number of imidazole rings is 1. The molecule has 0 N–H and O–H groups in total. The summed E-state index contributed by atoms with van der Waals surface area (Å²) < 4.78 is 52.4. The van der Waals surface area contributed by atoms with Crippen molar-refractivity contribution in [3.05, 3.63) is 30.1 Å². The van der Waals surface area contributed by atoms with Crippen LogP contribution >= 0.6 is 11.8 Å². The summed E-state index contributed by atoms with van der Waals surface area (Å²) in [6.45, 7) is 1.78.